The molecule has 8 heteroatoms. The number of hydrogen-bond donors (Lipinski definition) is 1. The highest BCUT2D eigenvalue weighted by molar-refractivity contribution is 5.78. The summed E-state index contributed by atoms with van der Waals surface area (Å²) in [5.41, 5.74) is 4.23. The van der Waals surface area contributed by atoms with Gasteiger partial charge in [-0.1, -0.05) is 12.1 Å². The first-order chi connectivity index (χ1) is 14.7. The standard InChI is InChI=1S/C22H22N8/c1-28-11-8-19(9-12-28)30-15-18(14-24-30)25-22-26-21-20(3-2-10-29(21)27-22)17-6-4-16(13-23)5-7-17/h2-7,10,14-15,19H,8-9,11-12H2,1H3,(H,25,27). The van der Waals surface area contributed by atoms with Crippen LogP contribution in [0.5, 0.6) is 0 Å². The van der Waals surface area contributed by atoms with Gasteiger partial charge >= 0.3 is 0 Å². The highest BCUT2D eigenvalue weighted by Gasteiger charge is 2.19. The maximum Gasteiger partial charge on any atom is 0.247 e. The van der Waals surface area contributed by atoms with Crippen molar-refractivity contribution in [3.8, 4) is 17.2 Å². The number of anilines is 2. The number of benzene rings is 1. The van der Waals surface area contributed by atoms with Gasteiger partial charge in [0.05, 0.1) is 29.6 Å². The highest BCUT2D eigenvalue weighted by Crippen LogP contribution is 2.26. The second kappa shape index (κ2) is 7.61. The molecule has 4 heterocycles. The van der Waals surface area contributed by atoms with Crippen molar-refractivity contribution in [2.24, 2.45) is 0 Å². The van der Waals surface area contributed by atoms with E-state index in [1.54, 1.807) is 4.52 Å². The van der Waals surface area contributed by atoms with Crippen molar-refractivity contribution in [2.45, 2.75) is 18.9 Å². The Morgan fingerprint density at radius 3 is 2.70 bits per heavy atom. The van der Waals surface area contributed by atoms with E-state index in [0.717, 1.165) is 48.4 Å². The normalized spacial score (nSPS) is 15.3. The second-order valence-corrected chi connectivity index (χ2v) is 7.68. The van der Waals surface area contributed by atoms with E-state index in [0.29, 0.717) is 17.6 Å². The van der Waals surface area contributed by atoms with E-state index in [1.165, 1.54) is 0 Å². The van der Waals surface area contributed by atoms with E-state index in [1.807, 2.05) is 59.7 Å². The number of fused-ring (bicyclic) bond motifs is 1. The molecule has 0 bridgehead atoms. The van der Waals surface area contributed by atoms with Crippen LogP contribution in [0.4, 0.5) is 11.6 Å². The fourth-order valence-electron chi connectivity index (χ4n) is 3.90. The molecule has 3 aromatic heterocycles. The summed E-state index contributed by atoms with van der Waals surface area (Å²) in [5.74, 6) is 0.527. The van der Waals surface area contributed by atoms with Crippen LogP contribution in [0, 0.1) is 11.3 Å². The van der Waals surface area contributed by atoms with Gasteiger partial charge in [0, 0.05) is 18.0 Å². The summed E-state index contributed by atoms with van der Waals surface area (Å²) in [6.07, 6.45) is 7.95. The Balaban J connectivity index is 1.39. The molecule has 1 aliphatic heterocycles. The lowest BCUT2D eigenvalue weighted by Crippen LogP contribution is -2.31. The largest absolute Gasteiger partial charge is 0.320 e. The van der Waals surface area contributed by atoms with E-state index < -0.39 is 0 Å². The summed E-state index contributed by atoms with van der Waals surface area (Å²) >= 11 is 0. The molecule has 0 radical (unpaired) electrons. The summed E-state index contributed by atoms with van der Waals surface area (Å²) in [6.45, 7) is 2.19. The lowest BCUT2D eigenvalue weighted by molar-refractivity contribution is 0.212. The van der Waals surface area contributed by atoms with E-state index in [9.17, 15) is 0 Å². The van der Waals surface area contributed by atoms with Crippen molar-refractivity contribution in [1.29, 1.82) is 5.26 Å². The Morgan fingerprint density at radius 2 is 1.93 bits per heavy atom. The molecule has 5 rings (SSSR count). The van der Waals surface area contributed by atoms with Crippen molar-refractivity contribution < 1.29 is 0 Å². The van der Waals surface area contributed by atoms with Gasteiger partial charge in [0.15, 0.2) is 5.65 Å². The van der Waals surface area contributed by atoms with Gasteiger partial charge in [0.2, 0.25) is 5.95 Å². The van der Waals surface area contributed by atoms with Gasteiger partial charge in [-0.25, -0.2) is 4.52 Å². The molecule has 0 saturated carbocycles. The summed E-state index contributed by atoms with van der Waals surface area (Å²) < 4.78 is 3.81. The number of piperidine rings is 1. The average molecular weight is 398 g/mol. The number of nitrogens with zero attached hydrogens (tertiary/aromatic N) is 7. The molecule has 0 amide bonds. The number of aromatic nitrogens is 5. The number of likely N-dealkylation sites (tertiary alicyclic amines) is 1. The maximum absolute atomic E-state index is 9.02. The van der Waals surface area contributed by atoms with Gasteiger partial charge in [-0.05, 0) is 62.8 Å². The topological polar surface area (TPSA) is 87.1 Å². The minimum atomic E-state index is 0.439. The monoisotopic (exact) mass is 398 g/mol. The van der Waals surface area contributed by atoms with Crippen LogP contribution >= 0.6 is 0 Å². The predicted molar refractivity (Wildman–Crippen MR) is 114 cm³/mol. The minimum Gasteiger partial charge on any atom is -0.320 e. The lowest BCUT2D eigenvalue weighted by Gasteiger charge is -2.28. The zero-order valence-electron chi connectivity index (χ0n) is 16.7. The van der Waals surface area contributed by atoms with Crippen LogP contribution in [-0.4, -0.2) is 49.4 Å². The number of nitrogens with one attached hydrogen (secondary N) is 1. The smallest absolute Gasteiger partial charge is 0.247 e. The van der Waals surface area contributed by atoms with Crippen LogP contribution in [0.15, 0.2) is 55.0 Å². The Labute approximate surface area is 174 Å². The van der Waals surface area contributed by atoms with Gasteiger partial charge in [-0.2, -0.15) is 15.3 Å². The second-order valence-electron chi connectivity index (χ2n) is 7.68. The Morgan fingerprint density at radius 1 is 1.13 bits per heavy atom. The molecule has 1 saturated heterocycles. The number of hydrogen-bond acceptors (Lipinski definition) is 6. The molecule has 150 valence electrons. The average Bonchev–Trinajstić information content (AvgIpc) is 3.41. The van der Waals surface area contributed by atoms with Crippen LogP contribution < -0.4 is 5.32 Å². The van der Waals surface area contributed by atoms with Crippen molar-refractivity contribution in [1.82, 2.24) is 29.3 Å². The Hall–Kier alpha value is -3.70. The molecule has 1 N–H and O–H groups in total. The zero-order chi connectivity index (χ0) is 20.5. The molecule has 4 aromatic rings. The summed E-state index contributed by atoms with van der Waals surface area (Å²) in [4.78, 5) is 7.04. The van der Waals surface area contributed by atoms with Crippen LogP contribution in [-0.2, 0) is 0 Å². The van der Waals surface area contributed by atoms with Gasteiger partial charge in [0.25, 0.3) is 0 Å². The Kier molecular flexibility index (Phi) is 4.65. The molecular weight excluding hydrogens is 376 g/mol. The van der Waals surface area contributed by atoms with Gasteiger partial charge in [-0.3, -0.25) is 4.68 Å². The molecule has 1 aromatic carbocycles. The highest BCUT2D eigenvalue weighted by atomic mass is 15.4. The lowest BCUT2D eigenvalue weighted by atomic mass is 10.1. The summed E-state index contributed by atoms with van der Waals surface area (Å²) in [5, 5.41) is 21.4. The third kappa shape index (κ3) is 3.51. The van der Waals surface area contributed by atoms with Crippen LogP contribution in [0.2, 0.25) is 0 Å². The molecule has 0 unspecified atom stereocenters. The van der Waals surface area contributed by atoms with Crippen molar-refractivity contribution in [3.63, 3.8) is 0 Å². The molecule has 0 atom stereocenters. The Bertz CT molecular complexity index is 1210. The molecule has 0 aliphatic carbocycles. The van der Waals surface area contributed by atoms with Crippen molar-refractivity contribution in [2.75, 3.05) is 25.5 Å². The van der Waals surface area contributed by atoms with Gasteiger partial charge < -0.3 is 10.2 Å². The molecule has 0 spiro atoms. The quantitative estimate of drug-likeness (QED) is 0.566. The minimum absolute atomic E-state index is 0.439. The van der Waals surface area contributed by atoms with Gasteiger partial charge in [-0.15, -0.1) is 5.10 Å². The molecular formula is C22H22N8. The number of pyridine rings is 1. The first-order valence-corrected chi connectivity index (χ1v) is 10.1. The number of nitriles is 1. The third-order valence-corrected chi connectivity index (χ3v) is 5.61. The molecule has 1 fully saturated rings. The van der Waals surface area contributed by atoms with Crippen molar-refractivity contribution >= 4 is 17.3 Å². The van der Waals surface area contributed by atoms with E-state index in [2.05, 4.69) is 33.5 Å². The number of rotatable bonds is 4. The summed E-state index contributed by atoms with van der Waals surface area (Å²) in [7, 11) is 2.16. The molecule has 30 heavy (non-hydrogen) atoms. The summed E-state index contributed by atoms with van der Waals surface area (Å²) in [6, 6.07) is 14.0. The van der Waals surface area contributed by atoms with Crippen LogP contribution in [0.25, 0.3) is 16.8 Å². The fraction of sp³-hybridized carbons (Fsp3) is 0.273. The third-order valence-electron chi connectivity index (χ3n) is 5.61. The van der Waals surface area contributed by atoms with Crippen LogP contribution in [0.3, 0.4) is 0 Å². The maximum atomic E-state index is 9.02. The molecule has 8 nitrogen and oxygen atoms in total. The first-order valence-electron chi connectivity index (χ1n) is 10.1. The van der Waals surface area contributed by atoms with E-state index in [-0.39, 0.29) is 0 Å². The predicted octanol–water partition coefficient (Wildman–Crippen LogP) is 3.47. The molecule has 1 aliphatic rings. The van der Waals surface area contributed by atoms with Gasteiger partial charge in [0.1, 0.15) is 0 Å². The zero-order valence-corrected chi connectivity index (χ0v) is 16.7. The van der Waals surface area contributed by atoms with Crippen LogP contribution in [0.1, 0.15) is 24.4 Å². The van der Waals surface area contributed by atoms with E-state index in [4.69, 9.17) is 10.2 Å². The fourth-order valence-corrected chi connectivity index (χ4v) is 3.90. The SMILES string of the molecule is CN1CCC(n2cc(Nc3nc4c(-c5ccc(C#N)cc5)cccn4n3)cn2)CC1. The van der Waals surface area contributed by atoms with E-state index >= 15 is 0 Å². The van der Waals surface area contributed by atoms with Crippen molar-refractivity contribution in [3.05, 3.63) is 60.6 Å². The first kappa shape index (κ1) is 18.3.